The van der Waals surface area contributed by atoms with Crippen molar-refractivity contribution in [2.45, 2.75) is 27.4 Å². The highest BCUT2D eigenvalue weighted by atomic mass is 16.5. The molecule has 0 N–H and O–H groups in total. The average Bonchev–Trinajstić information content (AvgIpc) is 2.57. The third kappa shape index (κ3) is 4.95. The van der Waals surface area contributed by atoms with E-state index >= 15 is 0 Å². The lowest BCUT2D eigenvalue weighted by atomic mass is 10.2. The van der Waals surface area contributed by atoms with Gasteiger partial charge in [-0.3, -0.25) is 4.79 Å². The number of rotatable bonds is 6. The lowest BCUT2D eigenvalue weighted by molar-refractivity contribution is 0.111. The molecule has 2 aromatic rings. The fourth-order valence-electron chi connectivity index (χ4n) is 1.77. The molecule has 2 aromatic carbocycles. The third-order valence-corrected chi connectivity index (χ3v) is 2.66. The minimum atomic E-state index is 0.448. The molecule has 0 radical (unpaired) electrons. The van der Waals surface area contributed by atoms with Crippen LogP contribution in [0.3, 0.4) is 0 Å². The molecule has 0 unspecified atom stereocenters. The summed E-state index contributed by atoms with van der Waals surface area (Å²) in [7, 11) is 0. The number of carbonyl (C=O) groups is 1. The number of carbonyl (C=O) groups excluding carboxylic acids is 1. The molecule has 0 saturated carbocycles. The summed E-state index contributed by atoms with van der Waals surface area (Å²) in [5.74, 6) is 1.10. The van der Waals surface area contributed by atoms with Crippen LogP contribution in [0.25, 0.3) is 0 Å². The molecule has 3 heteroatoms. The van der Waals surface area contributed by atoms with E-state index in [1.807, 2.05) is 51.1 Å². The maximum atomic E-state index is 11.0. The molecular formula is C18H22O3. The summed E-state index contributed by atoms with van der Waals surface area (Å²) in [5, 5.41) is 0. The van der Waals surface area contributed by atoms with Gasteiger partial charge in [0.05, 0.1) is 12.2 Å². The molecule has 2 rings (SSSR count). The molecule has 0 aliphatic heterocycles. The zero-order valence-electron chi connectivity index (χ0n) is 12.8. The van der Waals surface area contributed by atoms with Crippen LogP contribution in [0.15, 0.2) is 48.5 Å². The Morgan fingerprint density at radius 1 is 0.952 bits per heavy atom. The van der Waals surface area contributed by atoms with Crippen molar-refractivity contribution in [3.05, 3.63) is 59.7 Å². The quantitative estimate of drug-likeness (QED) is 0.733. The van der Waals surface area contributed by atoms with E-state index in [-0.39, 0.29) is 0 Å². The van der Waals surface area contributed by atoms with Gasteiger partial charge >= 0.3 is 0 Å². The molecule has 3 nitrogen and oxygen atoms in total. The Morgan fingerprint density at radius 2 is 1.67 bits per heavy atom. The SMILES string of the molecule is CC.CCOc1c(C=O)cccc1OCc1ccccc1. The highest BCUT2D eigenvalue weighted by Gasteiger charge is 2.10. The molecule has 112 valence electrons. The van der Waals surface area contributed by atoms with E-state index in [1.165, 1.54) is 0 Å². The van der Waals surface area contributed by atoms with Gasteiger partial charge < -0.3 is 9.47 Å². The second kappa shape index (κ2) is 9.59. The van der Waals surface area contributed by atoms with Crippen molar-refractivity contribution in [1.82, 2.24) is 0 Å². The molecule has 0 fully saturated rings. The highest BCUT2D eigenvalue weighted by molar-refractivity contribution is 5.81. The highest BCUT2D eigenvalue weighted by Crippen LogP contribution is 2.30. The van der Waals surface area contributed by atoms with Crippen LogP contribution in [0.2, 0.25) is 0 Å². The Labute approximate surface area is 126 Å². The Morgan fingerprint density at radius 3 is 2.29 bits per heavy atom. The van der Waals surface area contributed by atoms with E-state index < -0.39 is 0 Å². The summed E-state index contributed by atoms with van der Waals surface area (Å²) in [5.41, 5.74) is 1.58. The van der Waals surface area contributed by atoms with Crippen molar-refractivity contribution in [3.63, 3.8) is 0 Å². The normalized spacial score (nSPS) is 9.29. The third-order valence-electron chi connectivity index (χ3n) is 2.66. The number of para-hydroxylation sites is 1. The van der Waals surface area contributed by atoms with E-state index in [1.54, 1.807) is 18.2 Å². The molecule has 0 saturated heterocycles. The van der Waals surface area contributed by atoms with Crippen LogP contribution >= 0.6 is 0 Å². The summed E-state index contributed by atoms with van der Waals surface area (Å²) < 4.78 is 11.2. The van der Waals surface area contributed by atoms with Gasteiger partial charge in [-0.05, 0) is 24.6 Å². The lowest BCUT2D eigenvalue weighted by Crippen LogP contribution is -2.02. The Hall–Kier alpha value is -2.29. The van der Waals surface area contributed by atoms with E-state index in [0.717, 1.165) is 11.8 Å². The van der Waals surface area contributed by atoms with Gasteiger partial charge in [0.2, 0.25) is 0 Å². The van der Waals surface area contributed by atoms with Crippen LogP contribution in [-0.2, 0) is 6.61 Å². The van der Waals surface area contributed by atoms with Crippen molar-refractivity contribution in [2.75, 3.05) is 6.61 Å². The largest absolute Gasteiger partial charge is 0.489 e. The van der Waals surface area contributed by atoms with Crippen molar-refractivity contribution in [3.8, 4) is 11.5 Å². The summed E-state index contributed by atoms with van der Waals surface area (Å²) in [4.78, 5) is 11.0. The number of hydrogen-bond donors (Lipinski definition) is 0. The number of ether oxygens (including phenoxy) is 2. The molecule has 0 bridgehead atoms. The van der Waals surface area contributed by atoms with Crippen molar-refractivity contribution < 1.29 is 14.3 Å². The van der Waals surface area contributed by atoms with Gasteiger partial charge in [-0.15, -0.1) is 0 Å². The fourth-order valence-corrected chi connectivity index (χ4v) is 1.77. The summed E-state index contributed by atoms with van der Waals surface area (Å²) >= 11 is 0. The number of aldehydes is 1. The molecule has 0 heterocycles. The maximum absolute atomic E-state index is 11.0. The molecule has 0 aliphatic carbocycles. The van der Waals surface area contributed by atoms with E-state index in [9.17, 15) is 4.79 Å². The molecule has 0 aromatic heterocycles. The monoisotopic (exact) mass is 286 g/mol. The molecule has 0 amide bonds. The first-order valence-corrected chi connectivity index (χ1v) is 7.23. The minimum Gasteiger partial charge on any atom is -0.489 e. The van der Waals surface area contributed by atoms with E-state index in [2.05, 4.69) is 0 Å². The van der Waals surface area contributed by atoms with Crippen LogP contribution in [0.1, 0.15) is 36.7 Å². The van der Waals surface area contributed by atoms with Crippen molar-refractivity contribution >= 4 is 6.29 Å². The molecule has 0 aliphatic rings. The zero-order chi connectivity index (χ0) is 15.5. The second-order valence-electron chi connectivity index (χ2n) is 4.00. The van der Waals surface area contributed by atoms with Gasteiger partial charge in [-0.1, -0.05) is 50.2 Å². The molecule has 0 spiro atoms. The van der Waals surface area contributed by atoms with Crippen molar-refractivity contribution in [2.24, 2.45) is 0 Å². The predicted molar refractivity (Wildman–Crippen MR) is 85.1 cm³/mol. The Bertz CT molecular complexity index is 535. The fraction of sp³-hybridized carbons (Fsp3) is 0.278. The lowest BCUT2D eigenvalue weighted by Gasteiger charge is -2.13. The predicted octanol–water partition coefficient (Wildman–Crippen LogP) is 4.50. The van der Waals surface area contributed by atoms with E-state index in [4.69, 9.17) is 9.47 Å². The maximum Gasteiger partial charge on any atom is 0.171 e. The molecule has 0 atom stereocenters. The first kappa shape index (κ1) is 16.8. The van der Waals surface area contributed by atoms with Gasteiger partial charge in [0.15, 0.2) is 17.8 Å². The van der Waals surface area contributed by atoms with Crippen LogP contribution in [0.5, 0.6) is 11.5 Å². The van der Waals surface area contributed by atoms with Crippen LogP contribution in [0.4, 0.5) is 0 Å². The summed E-state index contributed by atoms with van der Waals surface area (Å²) in [6, 6.07) is 15.2. The second-order valence-corrected chi connectivity index (χ2v) is 4.00. The molecular weight excluding hydrogens is 264 g/mol. The Kier molecular flexibility index (Phi) is 7.65. The molecule has 21 heavy (non-hydrogen) atoms. The van der Waals surface area contributed by atoms with E-state index in [0.29, 0.717) is 30.3 Å². The summed E-state index contributed by atoms with van der Waals surface area (Å²) in [6.07, 6.45) is 0.778. The number of benzene rings is 2. The number of hydrogen-bond acceptors (Lipinski definition) is 3. The van der Waals surface area contributed by atoms with Gasteiger partial charge in [-0.25, -0.2) is 0 Å². The topological polar surface area (TPSA) is 35.5 Å². The standard InChI is InChI=1S/C16H16O3.C2H6/c1-2-18-16-14(11-17)9-6-10-15(16)19-12-13-7-4-3-5-8-13;1-2/h3-11H,2,12H2,1H3;1-2H3. The van der Waals surface area contributed by atoms with Crippen LogP contribution in [-0.4, -0.2) is 12.9 Å². The first-order valence-electron chi connectivity index (χ1n) is 7.23. The van der Waals surface area contributed by atoms with Gasteiger partial charge in [0.1, 0.15) is 6.61 Å². The van der Waals surface area contributed by atoms with Crippen molar-refractivity contribution in [1.29, 1.82) is 0 Å². The smallest absolute Gasteiger partial charge is 0.171 e. The summed E-state index contributed by atoms with van der Waals surface area (Å²) in [6.45, 7) is 6.82. The minimum absolute atomic E-state index is 0.448. The van der Waals surface area contributed by atoms with Gasteiger partial charge in [-0.2, -0.15) is 0 Å². The van der Waals surface area contributed by atoms with Gasteiger partial charge in [0, 0.05) is 0 Å². The van der Waals surface area contributed by atoms with Crippen LogP contribution in [0, 0.1) is 0 Å². The van der Waals surface area contributed by atoms with Gasteiger partial charge in [0.25, 0.3) is 0 Å². The Balaban J connectivity index is 0.00000106. The average molecular weight is 286 g/mol. The van der Waals surface area contributed by atoms with Crippen LogP contribution < -0.4 is 9.47 Å². The first-order chi connectivity index (χ1) is 10.3. The zero-order valence-corrected chi connectivity index (χ0v) is 12.8.